The van der Waals surface area contributed by atoms with E-state index in [1.54, 1.807) is 11.3 Å². The Morgan fingerprint density at radius 3 is 2.78 bits per heavy atom. The number of nitrogens with two attached hydrogens (primary N) is 1. The van der Waals surface area contributed by atoms with E-state index in [9.17, 15) is 0 Å². The molecule has 0 spiro atoms. The lowest BCUT2D eigenvalue weighted by atomic mass is 10.1. The Kier molecular flexibility index (Phi) is 9.34. The van der Waals surface area contributed by atoms with Gasteiger partial charge in [0, 0.05) is 30.4 Å². The quantitative estimate of drug-likeness (QED) is 0.269. The van der Waals surface area contributed by atoms with E-state index in [4.69, 9.17) is 5.73 Å². The van der Waals surface area contributed by atoms with Gasteiger partial charge >= 0.3 is 0 Å². The lowest BCUT2D eigenvalue weighted by molar-refractivity contribution is 0.611. The molecule has 1 aromatic carbocycles. The molecule has 0 saturated heterocycles. The van der Waals surface area contributed by atoms with E-state index in [1.807, 2.05) is 18.5 Å². The van der Waals surface area contributed by atoms with Crippen LogP contribution in [0.4, 0.5) is 0 Å². The Balaban J connectivity index is 0.00000261. The minimum absolute atomic E-state index is 0. The van der Waals surface area contributed by atoms with Crippen LogP contribution in [0.25, 0.3) is 0 Å². The van der Waals surface area contributed by atoms with Crippen molar-refractivity contribution in [2.75, 3.05) is 6.54 Å². The van der Waals surface area contributed by atoms with Crippen LogP contribution in [0.15, 0.2) is 65.2 Å². The summed E-state index contributed by atoms with van der Waals surface area (Å²) in [7, 11) is 0. The smallest absolute Gasteiger partial charge is 0.189 e. The number of aromatic nitrogens is 2. The highest BCUT2D eigenvalue weighted by Crippen LogP contribution is 2.08. The zero-order valence-corrected chi connectivity index (χ0v) is 18.4. The lowest BCUT2D eigenvalue weighted by Crippen LogP contribution is -2.33. The van der Waals surface area contributed by atoms with Gasteiger partial charge < -0.3 is 15.6 Å². The first kappa shape index (κ1) is 21.4. The van der Waals surface area contributed by atoms with Crippen LogP contribution in [0.2, 0.25) is 0 Å². The molecular weight excluding hydrogens is 469 g/mol. The van der Waals surface area contributed by atoms with Crippen LogP contribution in [0.3, 0.4) is 0 Å². The minimum Gasteiger partial charge on any atom is -0.370 e. The summed E-state index contributed by atoms with van der Waals surface area (Å²) in [6, 6.07) is 14.8. The summed E-state index contributed by atoms with van der Waals surface area (Å²) in [4.78, 5) is 10.2. The number of aliphatic imine (C=N–C) groups is 1. The number of thiophene rings is 1. The normalized spacial score (nSPS) is 11.2. The molecule has 0 radical (unpaired) electrons. The second-order valence-electron chi connectivity index (χ2n) is 6.08. The molecule has 5 nitrogen and oxygen atoms in total. The van der Waals surface area contributed by atoms with Gasteiger partial charge in [0.1, 0.15) is 12.4 Å². The Bertz CT molecular complexity index is 799. The van der Waals surface area contributed by atoms with Gasteiger partial charge in [0.05, 0.1) is 0 Å². The van der Waals surface area contributed by atoms with Gasteiger partial charge in [-0.25, -0.2) is 9.98 Å². The molecule has 0 unspecified atom stereocenters. The molecule has 2 aromatic heterocycles. The second-order valence-corrected chi connectivity index (χ2v) is 7.12. The van der Waals surface area contributed by atoms with Gasteiger partial charge in [-0.2, -0.15) is 0 Å². The van der Waals surface area contributed by atoms with Gasteiger partial charge in [0.25, 0.3) is 0 Å². The van der Waals surface area contributed by atoms with Crippen LogP contribution in [0, 0.1) is 0 Å². The summed E-state index contributed by atoms with van der Waals surface area (Å²) >= 11 is 1.76. The molecule has 2 heterocycles. The fourth-order valence-electron chi connectivity index (χ4n) is 2.77. The maximum absolute atomic E-state index is 5.96. The Labute approximate surface area is 181 Å². The van der Waals surface area contributed by atoms with Crippen LogP contribution >= 0.6 is 35.3 Å². The van der Waals surface area contributed by atoms with Crippen molar-refractivity contribution in [3.63, 3.8) is 0 Å². The highest BCUT2D eigenvalue weighted by Gasteiger charge is 2.03. The summed E-state index contributed by atoms with van der Waals surface area (Å²) in [6.45, 7) is 2.23. The van der Waals surface area contributed by atoms with Gasteiger partial charge in [0.2, 0.25) is 0 Å². The third-order valence-corrected chi connectivity index (χ3v) is 5.09. The molecule has 0 aliphatic carbocycles. The molecule has 0 fully saturated rings. The lowest BCUT2D eigenvalue weighted by Gasteiger charge is -2.08. The molecule has 3 N–H and O–H groups in total. The number of hydrogen-bond acceptors (Lipinski definition) is 3. The predicted molar refractivity (Wildman–Crippen MR) is 124 cm³/mol. The molecule has 144 valence electrons. The molecular formula is C20H26IN5S. The maximum Gasteiger partial charge on any atom is 0.189 e. The fourth-order valence-corrected chi connectivity index (χ4v) is 3.48. The van der Waals surface area contributed by atoms with Crippen molar-refractivity contribution in [3.8, 4) is 0 Å². The maximum atomic E-state index is 5.96. The zero-order valence-electron chi connectivity index (χ0n) is 15.3. The fraction of sp³-hybridized carbons (Fsp3) is 0.300. The summed E-state index contributed by atoms with van der Waals surface area (Å²) in [5, 5.41) is 5.25. The second kappa shape index (κ2) is 11.8. The predicted octanol–water partition coefficient (Wildman–Crippen LogP) is 3.84. The molecule has 0 atom stereocenters. The number of nitrogens with one attached hydrogen (secondary N) is 1. The van der Waals surface area contributed by atoms with E-state index in [2.05, 4.69) is 61.6 Å². The number of imidazole rings is 1. The van der Waals surface area contributed by atoms with E-state index in [-0.39, 0.29) is 24.0 Å². The van der Waals surface area contributed by atoms with Crippen molar-refractivity contribution in [1.29, 1.82) is 0 Å². The summed E-state index contributed by atoms with van der Waals surface area (Å²) in [6.07, 6.45) is 6.94. The van der Waals surface area contributed by atoms with Crippen LogP contribution in [-0.2, 0) is 25.9 Å². The molecule has 0 saturated carbocycles. The SMILES string of the molecule is I.NC(=NCc1nccn1CCCc1ccccc1)NCCc1cccs1. The topological polar surface area (TPSA) is 68.2 Å². The Hall–Kier alpha value is -1.87. The first-order valence-corrected chi connectivity index (χ1v) is 9.79. The first-order chi connectivity index (χ1) is 12.8. The number of hydrogen-bond donors (Lipinski definition) is 2. The molecule has 27 heavy (non-hydrogen) atoms. The van der Waals surface area contributed by atoms with Crippen LogP contribution < -0.4 is 11.1 Å². The van der Waals surface area contributed by atoms with Gasteiger partial charge in [-0.15, -0.1) is 35.3 Å². The summed E-state index contributed by atoms with van der Waals surface area (Å²) < 4.78 is 2.16. The summed E-state index contributed by atoms with van der Waals surface area (Å²) in [5.41, 5.74) is 7.33. The van der Waals surface area contributed by atoms with Gasteiger partial charge in [-0.3, -0.25) is 0 Å². The number of guanidine groups is 1. The van der Waals surface area contributed by atoms with E-state index >= 15 is 0 Å². The zero-order chi connectivity index (χ0) is 18.0. The van der Waals surface area contributed by atoms with Crippen molar-refractivity contribution in [3.05, 3.63) is 76.5 Å². The summed E-state index contributed by atoms with van der Waals surface area (Å²) in [5.74, 6) is 1.42. The number of rotatable bonds is 9. The number of nitrogens with zero attached hydrogens (tertiary/aromatic N) is 3. The Morgan fingerprint density at radius 2 is 2.00 bits per heavy atom. The van der Waals surface area contributed by atoms with Crippen molar-refractivity contribution < 1.29 is 0 Å². The van der Waals surface area contributed by atoms with E-state index < -0.39 is 0 Å². The average Bonchev–Trinajstić information content (AvgIpc) is 3.33. The van der Waals surface area contributed by atoms with E-state index in [1.165, 1.54) is 10.4 Å². The molecule has 7 heteroatoms. The van der Waals surface area contributed by atoms with E-state index in [0.29, 0.717) is 12.5 Å². The van der Waals surface area contributed by atoms with Crippen LogP contribution in [0.1, 0.15) is 22.7 Å². The van der Waals surface area contributed by atoms with Crippen LogP contribution in [0.5, 0.6) is 0 Å². The van der Waals surface area contributed by atoms with Crippen molar-refractivity contribution in [2.24, 2.45) is 10.7 Å². The molecule has 0 bridgehead atoms. The minimum atomic E-state index is 0. The average molecular weight is 495 g/mol. The van der Waals surface area contributed by atoms with Gasteiger partial charge in [-0.1, -0.05) is 36.4 Å². The van der Waals surface area contributed by atoms with Crippen molar-refractivity contribution in [1.82, 2.24) is 14.9 Å². The standard InChI is InChI=1S/C20H25N5S.HI/c21-20(23-11-10-18-9-5-15-26-18)24-16-19-22-12-14-25(19)13-4-8-17-6-2-1-3-7-17;/h1-3,5-7,9,12,14-15H,4,8,10-11,13,16H2,(H3,21,23,24);1H. The number of aryl methyl sites for hydroxylation is 2. The molecule has 0 amide bonds. The van der Waals surface area contributed by atoms with Gasteiger partial charge in [-0.05, 0) is 36.3 Å². The van der Waals surface area contributed by atoms with Crippen molar-refractivity contribution in [2.45, 2.75) is 32.4 Å². The third kappa shape index (κ3) is 7.34. The monoisotopic (exact) mass is 495 g/mol. The van der Waals surface area contributed by atoms with Crippen molar-refractivity contribution >= 4 is 41.3 Å². The highest BCUT2D eigenvalue weighted by molar-refractivity contribution is 14.0. The molecule has 3 rings (SSSR count). The first-order valence-electron chi connectivity index (χ1n) is 8.91. The molecule has 0 aliphatic rings. The third-order valence-electron chi connectivity index (χ3n) is 4.16. The number of halogens is 1. The largest absolute Gasteiger partial charge is 0.370 e. The highest BCUT2D eigenvalue weighted by atomic mass is 127. The van der Waals surface area contributed by atoms with Gasteiger partial charge in [0.15, 0.2) is 5.96 Å². The number of benzene rings is 1. The molecule has 3 aromatic rings. The van der Waals surface area contributed by atoms with Crippen LogP contribution in [-0.4, -0.2) is 22.1 Å². The Morgan fingerprint density at radius 1 is 1.15 bits per heavy atom. The molecule has 0 aliphatic heterocycles. The van der Waals surface area contributed by atoms with E-state index in [0.717, 1.165) is 38.2 Å².